The van der Waals surface area contributed by atoms with E-state index in [4.69, 9.17) is 0 Å². The van der Waals surface area contributed by atoms with Crippen molar-refractivity contribution in [3.05, 3.63) is 54.6 Å². The molecule has 0 atom stereocenters. The molecule has 0 spiro atoms. The third kappa shape index (κ3) is 4.50. The van der Waals surface area contributed by atoms with Gasteiger partial charge in [0.25, 0.3) is 5.91 Å². The van der Waals surface area contributed by atoms with Crippen LogP contribution in [0.1, 0.15) is 17.4 Å². The zero-order valence-corrected chi connectivity index (χ0v) is 14.2. The van der Waals surface area contributed by atoms with Gasteiger partial charge < -0.3 is 16.0 Å². The Labute approximate surface area is 150 Å². The summed E-state index contributed by atoms with van der Waals surface area (Å²) in [4.78, 5) is 35.8. The van der Waals surface area contributed by atoms with Crippen molar-refractivity contribution in [1.29, 1.82) is 0 Å². The molecule has 0 saturated heterocycles. The number of benzene rings is 1. The zero-order chi connectivity index (χ0) is 18.4. The average molecular weight is 350 g/mol. The minimum absolute atomic E-state index is 0.0818. The van der Waals surface area contributed by atoms with Crippen molar-refractivity contribution >= 4 is 34.2 Å². The summed E-state index contributed by atoms with van der Waals surface area (Å²) in [7, 11) is 0. The predicted molar refractivity (Wildman–Crippen MR) is 98.9 cm³/mol. The van der Waals surface area contributed by atoms with Crippen LogP contribution in [0.3, 0.4) is 0 Å². The van der Waals surface area contributed by atoms with E-state index in [1.165, 1.54) is 6.92 Å². The Morgan fingerprint density at radius 1 is 0.885 bits per heavy atom. The molecule has 8 nitrogen and oxygen atoms in total. The van der Waals surface area contributed by atoms with Gasteiger partial charge in [0.15, 0.2) is 0 Å². The maximum absolute atomic E-state index is 12.4. The average Bonchev–Trinajstić information content (AvgIpc) is 2.65. The van der Waals surface area contributed by atoms with E-state index >= 15 is 0 Å². The third-order valence-electron chi connectivity index (χ3n) is 3.55. The van der Waals surface area contributed by atoms with Crippen LogP contribution in [-0.4, -0.2) is 39.9 Å². The fourth-order valence-electron chi connectivity index (χ4n) is 2.35. The van der Waals surface area contributed by atoms with Gasteiger partial charge in [0, 0.05) is 50.0 Å². The van der Waals surface area contributed by atoms with Gasteiger partial charge in [-0.2, -0.15) is 0 Å². The molecular formula is C18H18N6O2. The number of amides is 2. The molecule has 0 radical (unpaired) electrons. The van der Waals surface area contributed by atoms with Crippen LogP contribution >= 0.6 is 0 Å². The molecule has 2 amide bonds. The van der Waals surface area contributed by atoms with E-state index in [9.17, 15) is 9.59 Å². The Bertz CT molecular complexity index is 944. The van der Waals surface area contributed by atoms with Crippen molar-refractivity contribution in [2.75, 3.05) is 23.7 Å². The molecule has 2 heterocycles. The Hall–Kier alpha value is -3.55. The number of nitrogens with one attached hydrogen (secondary N) is 3. The van der Waals surface area contributed by atoms with Crippen molar-refractivity contribution in [3.8, 4) is 0 Å². The van der Waals surface area contributed by atoms with E-state index in [-0.39, 0.29) is 17.5 Å². The maximum Gasteiger partial charge on any atom is 0.274 e. The van der Waals surface area contributed by atoms with Crippen molar-refractivity contribution < 1.29 is 9.59 Å². The normalized spacial score (nSPS) is 10.3. The Morgan fingerprint density at radius 2 is 1.69 bits per heavy atom. The molecule has 3 aromatic rings. The first-order valence-electron chi connectivity index (χ1n) is 8.08. The number of anilines is 2. The highest BCUT2D eigenvalue weighted by molar-refractivity contribution is 6.04. The Morgan fingerprint density at radius 3 is 2.50 bits per heavy atom. The first kappa shape index (κ1) is 17.3. The van der Waals surface area contributed by atoms with Crippen molar-refractivity contribution in [2.45, 2.75) is 6.92 Å². The third-order valence-corrected chi connectivity index (χ3v) is 3.55. The van der Waals surface area contributed by atoms with Crippen LogP contribution in [0.5, 0.6) is 0 Å². The van der Waals surface area contributed by atoms with Gasteiger partial charge in [-0.3, -0.25) is 24.5 Å². The maximum atomic E-state index is 12.4. The summed E-state index contributed by atoms with van der Waals surface area (Å²) in [5.74, 6) is -0.402. The summed E-state index contributed by atoms with van der Waals surface area (Å²) in [5.41, 5.74) is 3.11. The number of carbonyl (C=O) groups excluding carboxylic acids is 2. The van der Waals surface area contributed by atoms with E-state index in [1.54, 1.807) is 48.9 Å². The van der Waals surface area contributed by atoms with Gasteiger partial charge in [-0.15, -0.1) is 0 Å². The second-order valence-electron chi connectivity index (χ2n) is 5.55. The largest absolute Gasteiger partial charge is 0.383 e. The van der Waals surface area contributed by atoms with Gasteiger partial charge >= 0.3 is 0 Å². The van der Waals surface area contributed by atoms with Crippen LogP contribution in [0.4, 0.5) is 11.4 Å². The molecule has 0 unspecified atom stereocenters. The lowest BCUT2D eigenvalue weighted by atomic mass is 10.2. The molecule has 0 aliphatic rings. The fraction of sp³-hybridized carbons (Fsp3) is 0.167. The van der Waals surface area contributed by atoms with Crippen molar-refractivity contribution in [2.24, 2.45) is 0 Å². The summed E-state index contributed by atoms with van der Waals surface area (Å²) < 4.78 is 0. The standard InChI is InChI=1S/C18H18N6O2/c1-12(25)19-6-7-20-13-4-5-21-17(10-13)18(26)24-14-2-3-15-16(11-14)23-9-8-22-15/h2-5,8-11H,6-7H2,1H3,(H,19,25)(H,20,21)(H,24,26). The fourth-order valence-corrected chi connectivity index (χ4v) is 2.35. The number of nitrogens with zero attached hydrogens (tertiary/aromatic N) is 3. The molecule has 132 valence electrons. The van der Waals surface area contributed by atoms with Crippen LogP contribution in [0.25, 0.3) is 11.0 Å². The molecule has 26 heavy (non-hydrogen) atoms. The second kappa shape index (κ2) is 8.02. The van der Waals surface area contributed by atoms with E-state index in [1.807, 2.05) is 0 Å². The smallest absolute Gasteiger partial charge is 0.274 e. The highest BCUT2D eigenvalue weighted by Crippen LogP contribution is 2.16. The lowest BCUT2D eigenvalue weighted by molar-refractivity contribution is -0.118. The van der Waals surface area contributed by atoms with E-state index in [0.717, 1.165) is 11.2 Å². The molecule has 0 saturated carbocycles. The number of rotatable bonds is 6. The molecule has 3 rings (SSSR count). The van der Waals surface area contributed by atoms with Gasteiger partial charge in [-0.05, 0) is 30.3 Å². The minimum atomic E-state index is -0.321. The number of hydrogen-bond acceptors (Lipinski definition) is 6. The summed E-state index contributed by atoms with van der Waals surface area (Å²) >= 11 is 0. The first-order valence-corrected chi connectivity index (χ1v) is 8.08. The van der Waals surface area contributed by atoms with E-state index < -0.39 is 0 Å². The monoisotopic (exact) mass is 350 g/mol. The molecule has 1 aromatic carbocycles. The number of carbonyl (C=O) groups is 2. The molecule has 0 aliphatic heterocycles. The predicted octanol–water partition coefficient (Wildman–Crippen LogP) is 1.83. The molecule has 0 fully saturated rings. The van der Waals surface area contributed by atoms with Crippen molar-refractivity contribution in [3.63, 3.8) is 0 Å². The lowest BCUT2D eigenvalue weighted by Gasteiger charge is -2.09. The Balaban J connectivity index is 1.65. The molecule has 2 aromatic heterocycles. The van der Waals surface area contributed by atoms with Crippen LogP contribution in [0.2, 0.25) is 0 Å². The van der Waals surface area contributed by atoms with Gasteiger partial charge in [0.1, 0.15) is 5.69 Å². The van der Waals surface area contributed by atoms with Crippen LogP contribution in [0, 0.1) is 0 Å². The highest BCUT2D eigenvalue weighted by atomic mass is 16.2. The molecule has 0 bridgehead atoms. The number of hydrogen-bond donors (Lipinski definition) is 3. The lowest BCUT2D eigenvalue weighted by Crippen LogP contribution is -2.26. The second-order valence-corrected chi connectivity index (χ2v) is 5.55. The summed E-state index contributed by atoms with van der Waals surface area (Å²) in [6.45, 7) is 2.51. The van der Waals surface area contributed by atoms with Crippen LogP contribution in [-0.2, 0) is 4.79 Å². The number of fused-ring (bicyclic) bond motifs is 1. The van der Waals surface area contributed by atoms with Crippen LogP contribution < -0.4 is 16.0 Å². The SMILES string of the molecule is CC(=O)NCCNc1ccnc(C(=O)Nc2ccc3nccnc3c2)c1. The van der Waals surface area contributed by atoms with E-state index in [2.05, 4.69) is 30.9 Å². The summed E-state index contributed by atoms with van der Waals surface area (Å²) in [6, 6.07) is 8.74. The van der Waals surface area contributed by atoms with Gasteiger partial charge in [-0.1, -0.05) is 0 Å². The zero-order valence-electron chi connectivity index (χ0n) is 14.2. The van der Waals surface area contributed by atoms with Crippen molar-refractivity contribution in [1.82, 2.24) is 20.3 Å². The van der Waals surface area contributed by atoms with Gasteiger partial charge in [0.05, 0.1) is 11.0 Å². The van der Waals surface area contributed by atoms with Crippen LogP contribution in [0.15, 0.2) is 48.9 Å². The highest BCUT2D eigenvalue weighted by Gasteiger charge is 2.09. The molecule has 8 heteroatoms. The summed E-state index contributed by atoms with van der Waals surface area (Å²) in [5, 5.41) is 8.63. The minimum Gasteiger partial charge on any atom is -0.383 e. The molecule has 0 aliphatic carbocycles. The molecule has 3 N–H and O–H groups in total. The van der Waals surface area contributed by atoms with Gasteiger partial charge in [-0.25, -0.2) is 0 Å². The Kier molecular flexibility index (Phi) is 5.33. The van der Waals surface area contributed by atoms with E-state index in [0.29, 0.717) is 24.3 Å². The topological polar surface area (TPSA) is 109 Å². The van der Waals surface area contributed by atoms with Gasteiger partial charge in [0.2, 0.25) is 5.91 Å². The number of aromatic nitrogens is 3. The molecular weight excluding hydrogens is 332 g/mol. The summed E-state index contributed by atoms with van der Waals surface area (Å²) in [6.07, 6.45) is 4.78. The number of pyridine rings is 1. The quantitative estimate of drug-likeness (QED) is 0.585. The first-order chi connectivity index (χ1) is 12.6.